The van der Waals surface area contributed by atoms with Gasteiger partial charge in [-0.05, 0) is 12.8 Å². The van der Waals surface area contributed by atoms with E-state index in [4.69, 9.17) is 9.47 Å². The van der Waals surface area contributed by atoms with Crippen LogP contribution in [0.4, 0.5) is 0 Å². The van der Waals surface area contributed by atoms with Gasteiger partial charge in [0.1, 0.15) is 24.4 Å². The first-order valence-electron chi connectivity index (χ1n) is 38.7. The molecule has 85 heavy (non-hydrogen) atoms. The van der Waals surface area contributed by atoms with Gasteiger partial charge in [0.05, 0.1) is 25.4 Å². The fourth-order valence-electron chi connectivity index (χ4n) is 13.2. The summed E-state index contributed by atoms with van der Waals surface area (Å²) in [6, 6.07) is -0.716. The summed E-state index contributed by atoms with van der Waals surface area (Å²) in [4.78, 5) is 13.2. The fraction of sp³-hybridized carbons (Fsp3) is 0.987. The van der Waals surface area contributed by atoms with Crippen LogP contribution in [0.15, 0.2) is 0 Å². The van der Waals surface area contributed by atoms with Crippen LogP contribution in [-0.4, -0.2) is 87.5 Å². The Labute approximate surface area is 529 Å². The van der Waals surface area contributed by atoms with Crippen molar-refractivity contribution in [3.8, 4) is 0 Å². The standard InChI is InChI=1S/C76H151NO8/c1-3-5-7-9-11-13-15-17-19-21-23-25-27-29-31-33-34-35-36-38-40-42-44-46-48-50-52-54-56-58-60-62-64-66-72(80)77-69(68-84-76-75(83)74(82)73(81)71(67-78)85-76)70(79)65-63-61-59-57-55-53-51-49-47-45-43-41-39-37-32-30-28-26-24-22-20-18-16-14-12-10-8-6-4-2/h69-71,73-76,78-79,81-83H,3-68H2,1-2H3,(H,77,80). The summed E-state index contributed by atoms with van der Waals surface area (Å²) >= 11 is 0. The van der Waals surface area contributed by atoms with Crippen molar-refractivity contribution in [1.82, 2.24) is 5.32 Å². The van der Waals surface area contributed by atoms with Crippen molar-refractivity contribution in [3.63, 3.8) is 0 Å². The molecule has 0 spiro atoms. The number of unbranched alkanes of at least 4 members (excludes halogenated alkanes) is 60. The van der Waals surface area contributed by atoms with Gasteiger partial charge in [-0.3, -0.25) is 4.79 Å². The molecule has 0 aromatic carbocycles. The van der Waals surface area contributed by atoms with Gasteiger partial charge in [0.25, 0.3) is 0 Å². The van der Waals surface area contributed by atoms with Gasteiger partial charge in [-0.2, -0.15) is 0 Å². The van der Waals surface area contributed by atoms with Crippen molar-refractivity contribution < 1.29 is 39.8 Å². The molecule has 1 amide bonds. The van der Waals surface area contributed by atoms with Crippen molar-refractivity contribution in [2.45, 2.75) is 468 Å². The van der Waals surface area contributed by atoms with Crippen molar-refractivity contribution in [2.75, 3.05) is 13.2 Å². The fourth-order valence-corrected chi connectivity index (χ4v) is 13.2. The Morgan fingerprint density at radius 1 is 0.353 bits per heavy atom. The SMILES string of the molecule is CCCCCCCCCCCCCCCCCCCCCCCCCCCCCCCCCCCC(=O)NC(COC1OC(CO)C(O)C(O)C1O)C(O)CCCCCCCCCCCCCCCCCCCCCCCCCCCCCCC. The lowest BCUT2D eigenvalue weighted by atomic mass is 9.99. The number of hydrogen-bond acceptors (Lipinski definition) is 8. The third-order valence-corrected chi connectivity index (χ3v) is 19.2. The van der Waals surface area contributed by atoms with Crippen molar-refractivity contribution >= 4 is 5.91 Å². The van der Waals surface area contributed by atoms with Crippen LogP contribution in [0, 0.1) is 0 Å². The van der Waals surface area contributed by atoms with Gasteiger partial charge in [-0.25, -0.2) is 0 Å². The quantitative estimate of drug-likeness (QED) is 0.0330. The maximum absolute atomic E-state index is 13.2. The molecule has 7 unspecified atom stereocenters. The molecule has 1 fully saturated rings. The molecule has 0 bridgehead atoms. The smallest absolute Gasteiger partial charge is 0.220 e. The summed E-state index contributed by atoms with van der Waals surface area (Å²) in [7, 11) is 0. The highest BCUT2D eigenvalue weighted by atomic mass is 16.7. The van der Waals surface area contributed by atoms with E-state index in [0.29, 0.717) is 12.8 Å². The number of ether oxygens (including phenoxy) is 2. The number of hydrogen-bond donors (Lipinski definition) is 6. The zero-order valence-electron chi connectivity index (χ0n) is 57.2. The van der Waals surface area contributed by atoms with Crippen molar-refractivity contribution in [1.29, 1.82) is 0 Å². The van der Waals surface area contributed by atoms with E-state index in [0.717, 1.165) is 38.5 Å². The lowest BCUT2D eigenvalue weighted by Gasteiger charge is -2.40. The number of carbonyl (C=O) groups is 1. The number of aliphatic hydroxyl groups is 5. The Bertz CT molecular complexity index is 1300. The summed E-state index contributed by atoms with van der Waals surface area (Å²) in [6.07, 6.45) is 77.8. The molecule has 9 nitrogen and oxygen atoms in total. The molecular formula is C76H151NO8. The third kappa shape index (κ3) is 54.6. The molecule has 1 rings (SSSR count). The second kappa shape index (κ2) is 66.1. The van der Waals surface area contributed by atoms with Crippen LogP contribution in [0.1, 0.15) is 425 Å². The molecule has 1 aliphatic heterocycles. The van der Waals surface area contributed by atoms with E-state index >= 15 is 0 Å². The molecule has 0 saturated carbocycles. The average Bonchev–Trinajstić information content (AvgIpc) is 3.68. The normalized spacial score (nSPS) is 17.9. The van der Waals surface area contributed by atoms with Crippen LogP contribution >= 0.6 is 0 Å². The molecule has 9 heteroatoms. The summed E-state index contributed by atoms with van der Waals surface area (Å²) < 4.78 is 11.4. The molecule has 0 aromatic heterocycles. The van der Waals surface area contributed by atoms with Gasteiger partial charge in [0.15, 0.2) is 6.29 Å². The molecule has 508 valence electrons. The van der Waals surface area contributed by atoms with Gasteiger partial charge < -0.3 is 40.3 Å². The molecule has 7 atom stereocenters. The molecule has 1 aliphatic rings. The van der Waals surface area contributed by atoms with Gasteiger partial charge >= 0.3 is 0 Å². The Morgan fingerprint density at radius 3 is 0.835 bits per heavy atom. The first-order chi connectivity index (χ1) is 41.8. The van der Waals surface area contributed by atoms with E-state index in [1.54, 1.807) is 0 Å². The van der Waals surface area contributed by atoms with Crippen LogP contribution in [0.2, 0.25) is 0 Å². The van der Waals surface area contributed by atoms with Crippen LogP contribution in [-0.2, 0) is 14.3 Å². The van der Waals surface area contributed by atoms with E-state index in [-0.39, 0.29) is 12.5 Å². The summed E-state index contributed by atoms with van der Waals surface area (Å²) in [5.41, 5.74) is 0. The molecule has 1 saturated heterocycles. The van der Waals surface area contributed by atoms with Crippen molar-refractivity contribution in [3.05, 3.63) is 0 Å². The minimum absolute atomic E-state index is 0.130. The molecule has 6 N–H and O–H groups in total. The molecule has 0 aromatic rings. The zero-order valence-corrected chi connectivity index (χ0v) is 57.2. The van der Waals surface area contributed by atoms with Crippen LogP contribution < -0.4 is 5.32 Å². The Morgan fingerprint density at radius 2 is 0.588 bits per heavy atom. The van der Waals surface area contributed by atoms with Crippen LogP contribution in [0.25, 0.3) is 0 Å². The Balaban J connectivity index is 2.05. The molecule has 0 radical (unpaired) electrons. The predicted molar refractivity (Wildman–Crippen MR) is 364 cm³/mol. The first kappa shape index (κ1) is 82.2. The maximum Gasteiger partial charge on any atom is 0.220 e. The second-order valence-electron chi connectivity index (χ2n) is 27.5. The minimum Gasteiger partial charge on any atom is -0.394 e. The molecular weight excluding hydrogens is 1050 g/mol. The van der Waals surface area contributed by atoms with Gasteiger partial charge in [-0.1, -0.05) is 406 Å². The van der Waals surface area contributed by atoms with E-state index in [1.807, 2.05) is 0 Å². The minimum atomic E-state index is -1.55. The second-order valence-corrected chi connectivity index (χ2v) is 27.5. The maximum atomic E-state index is 13.2. The largest absolute Gasteiger partial charge is 0.394 e. The van der Waals surface area contributed by atoms with E-state index in [2.05, 4.69) is 19.2 Å². The topological polar surface area (TPSA) is 149 Å². The Kier molecular flexibility index (Phi) is 63.9. The molecule has 1 heterocycles. The van der Waals surface area contributed by atoms with E-state index in [1.165, 1.54) is 360 Å². The van der Waals surface area contributed by atoms with Gasteiger partial charge in [-0.15, -0.1) is 0 Å². The lowest BCUT2D eigenvalue weighted by molar-refractivity contribution is -0.302. The summed E-state index contributed by atoms with van der Waals surface area (Å²) in [6.45, 7) is 3.92. The number of rotatable bonds is 70. The summed E-state index contributed by atoms with van der Waals surface area (Å²) in [5.74, 6) is -0.132. The lowest BCUT2D eigenvalue weighted by Crippen LogP contribution is -2.60. The highest BCUT2D eigenvalue weighted by molar-refractivity contribution is 5.76. The average molecular weight is 1210 g/mol. The first-order valence-corrected chi connectivity index (χ1v) is 38.7. The predicted octanol–water partition coefficient (Wildman–Crippen LogP) is 21.7. The summed E-state index contributed by atoms with van der Waals surface area (Å²) in [5, 5.41) is 55.1. The zero-order chi connectivity index (χ0) is 61.4. The number of amides is 1. The van der Waals surface area contributed by atoms with Gasteiger partial charge in [0.2, 0.25) is 5.91 Å². The van der Waals surface area contributed by atoms with E-state index in [9.17, 15) is 30.3 Å². The number of aliphatic hydroxyl groups excluding tert-OH is 5. The Hall–Kier alpha value is -0.810. The third-order valence-electron chi connectivity index (χ3n) is 19.2. The van der Waals surface area contributed by atoms with Gasteiger partial charge in [0, 0.05) is 6.42 Å². The number of carbonyl (C=O) groups excluding carboxylic acids is 1. The highest BCUT2D eigenvalue weighted by Crippen LogP contribution is 2.24. The van der Waals surface area contributed by atoms with Crippen LogP contribution in [0.3, 0.4) is 0 Å². The molecule has 0 aliphatic carbocycles. The van der Waals surface area contributed by atoms with E-state index < -0.39 is 49.5 Å². The highest BCUT2D eigenvalue weighted by Gasteiger charge is 2.44. The monoisotopic (exact) mass is 1210 g/mol. The number of nitrogens with one attached hydrogen (secondary N) is 1. The van der Waals surface area contributed by atoms with Crippen molar-refractivity contribution in [2.24, 2.45) is 0 Å². The van der Waals surface area contributed by atoms with Crippen LogP contribution in [0.5, 0.6) is 0 Å².